The van der Waals surface area contributed by atoms with Crippen molar-refractivity contribution in [1.29, 1.82) is 0 Å². The van der Waals surface area contributed by atoms with Crippen molar-refractivity contribution in [2.24, 2.45) is 0 Å². The van der Waals surface area contributed by atoms with Gasteiger partial charge in [-0.3, -0.25) is 0 Å². The quantitative estimate of drug-likeness (QED) is 0.424. The van der Waals surface area contributed by atoms with Crippen molar-refractivity contribution < 1.29 is 8.83 Å². The number of nitrogens with one attached hydrogen (secondary N) is 4. The van der Waals surface area contributed by atoms with E-state index in [1.165, 1.54) is 0 Å². The molecule has 0 aromatic carbocycles. The first-order valence-corrected chi connectivity index (χ1v) is 8.14. The van der Waals surface area contributed by atoms with E-state index < -0.39 is 0 Å². The van der Waals surface area contributed by atoms with Gasteiger partial charge < -0.3 is 30.1 Å². The zero-order valence-corrected chi connectivity index (χ0v) is 14.3. The fourth-order valence-corrected chi connectivity index (χ4v) is 2.13. The van der Waals surface area contributed by atoms with Crippen molar-refractivity contribution in [2.45, 2.75) is 19.5 Å². The van der Waals surface area contributed by atoms with Gasteiger partial charge >= 0.3 is 0 Å². The lowest BCUT2D eigenvalue weighted by Crippen LogP contribution is -2.38. The van der Waals surface area contributed by atoms with Crippen LogP contribution in [0.5, 0.6) is 0 Å². The van der Waals surface area contributed by atoms with Gasteiger partial charge in [0.15, 0.2) is 10.2 Å². The SMILES string of the molecule is S=C(NCCCNC(=S)NCc1ccco1)NCc1ccco1. The highest BCUT2D eigenvalue weighted by Gasteiger charge is 2.00. The van der Waals surface area contributed by atoms with Gasteiger partial charge in [-0.2, -0.15) is 0 Å². The highest BCUT2D eigenvalue weighted by Crippen LogP contribution is 1.98. The van der Waals surface area contributed by atoms with Crippen molar-refractivity contribution in [1.82, 2.24) is 21.3 Å². The van der Waals surface area contributed by atoms with Crippen LogP contribution in [0.2, 0.25) is 0 Å². The van der Waals surface area contributed by atoms with Crippen molar-refractivity contribution in [3.8, 4) is 0 Å². The van der Waals surface area contributed by atoms with Gasteiger partial charge in [0.25, 0.3) is 0 Å². The van der Waals surface area contributed by atoms with Crippen LogP contribution in [-0.2, 0) is 13.1 Å². The number of hydrogen-bond donors (Lipinski definition) is 4. The van der Waals surface area contributed by atoms with E-state index in [2.05, 4.69) is 21.3 Å². The molecule has 0 atom stereocenters. The Kier molecular flexibility index (Phi) is 7.41. The molecule has 0 saturated heterocycles. The van der Waals surface area contributed by atoms with Gasteiger partial charge in [0, 0.05) is 13.1 Å². The zero-order valence-electron chi connectivity index (χ0n) is 12.6. The summed E-state index contributed by atoms with van der Waals surface area (Å²) in [6, 6.07) is 7.50. The van der Waals surface area contributed by atoms with Crippen LogP contribution in [0.3, 0.4) is 0 Å². The highest BCUT2D eigenvalue weighted by molar-refractivity contribution is 7.80. The van der Waals surface area contributed by atoms with E-state index in [1.807, 2.05) is 24.3 Å². The van der Waals surface area contributed by atoms with E-state index in [0.29, 0.717) is 23.3 Å². The van der Waals surface area contributed by atoms with E-state index in [1.54, 1.807) is 12.5 Å². The summed E-state index contributed by atoms with van der Waals surface area (Å²) in [5, 5.41) is 13.6. The molecule has 6 nitrogen and oxygen atoms in total. The first-order chi connectivity index (χ1) is 11.2. The van der Waals surface area contributed by atoms with Crippen molar-refractivity contribution in [2.75, 3.05) is 13.1 Å². The molecule has 0 amide bonds. The molecular weight excluding hydrogens is 332 g/mol. The molecule has 0 aliphatic carbocycles. The molecule has 0 fully saturated rings. The Morgan fingerprint density at radius 2 is 1.26 bits per heavy atom. The standard InChI is InChI=1S/C15H20N4O2S2/c22-14(18-10-12-4-1-8-20-12)16-6-3-7-17-15(23)19-11-13-5-2-9-21-13/h1-2,4-5,8-9H,3,6-7,10-11H2,(H2,16,18,22)(H2,17,19,23). The lowest BCUT2D eigenvalue weighted by Gasteiger charge is -2.11. The summed E-state index contributed by atoms with van der Waals surface area (Å²) < 4.78 is 10.4. The molecule has 8 heteroatoms. The van der Waals surface area contributed by atoms with Crippen LogP contribution in [-0.4, -0.2) is 23.3 Å². The minimum absolute atomic E-state index is 0.581. The molecule has 2 aromatic heterocycles. The largest absolute Gasteiger partial charge is 0.467 e. The second-order valence-electron chi connectivity index (χ2n) is 4.73. The number of rotatable bonds is 8. The van der Waals surface area contributed by atoms with E-state index in [0.717, 1.165) is 31.0 Å². The molecule has 4 N–H and O–H groups in total. The Morgan fingerprint density at radius 1 is 0.783 bits per heavy atom. The first kappa shape index (κ1) is 17.3. The van der Waals surface area contributed by atoms with E-state index >= 15 is 0 Å². The number of furan rings is 2. The predicted octanol–water partition coefficient (Wildman–Crippen LogP) is 1.89. The Labute approximate surface area is 146 Å². The van der Waals surface area contributed by atoms with Gasteiger partial charge in [-0.25, -0.2) is 0 Å². The highest BCUT2D eigenvalue weighted by atomic mass is 32.1. The molecule has 0 saturated carbocycles. The van der Waals surface area contributed by atoms with Gasteiger partial charge in [-0.1, -0.05) is 0 Å². The lowest BCUT2D eigenvalue weighted by molar-refractivity contribution is 0.502. The summed E-state index contributed by atoms with van der Waals surface area (Å²) in [5.41, 5.74) is 0. The third-order valence-electron chi connectivity index (χ3n) is 2.93. The Morgan fingerprint density at radius 3 is 1.65 bits per heavy atom. The Balaban J connectivity index is 1.45. The van der Waals surface area contributed by atoms with Gasteiger partial charge in [0.1, 0.15) is 11.5 Å². The number of thiocarbonyl (C=S) groups is 2. The molecule has 23 heavy (non-hydrogen) atoms. The number of hydrogen-bond acceptors (Lipinski definition) is 4. The van der Waals surface area contributed by atoms with Gasteiger partial charge in [0.05, 0.1) is 25.6 Å². The normalized spacial score (nSPS) is 10.1. The zero-order chi connectivity index (χ0) is 16.3. The van der Waals surface area contributed by atoms with Crippen molar-refractivity contribution in [3.63, 3.8) is 0 Å². The summed E-state index contributed by atoms with van der Waals surface area (Å²) in [7, 11) is 0. The monoisotopic (exact) mass is 352 g/mol. The molecule has 0 aliphatic heterocycles. The summed E-state index contributed by atoms with van der Waals surface area (Å²) in [6.07, 6.45) is 4.18. The molecule has 124 valence electrons. The fourth-order valence-electron chi connectivity index (χ4n) is 1.78. The van der Waals surface area contributed by atoms with Crippen LogP contribution < -0.4 is 21.3 Å². The van der Waals surface area contributed by atoms with Gasteiger partial charge in [0.2, 0.25) is 0 Å². The molecule has 0 radical (unpaired) electrons. The molecule has 0 spiro atoms. The molecule has 2 rings (SSSR count). The molecular formula is C15H20N4O2S2. The smallest absolute Gasteiger partial charge is 0.166 e. The molecule has 0 unspecified atom stereocenters. The van der Waals surface area contributed by atoms with Crippen LogP contribution in [0.4, 0.5) is 0 Å². The van der Waals surface area contributed by atoms with Crippen LogP contribution in [0.1, 0.15) is 17.9 Å². The molecule has 0 bridgehead atoms. The minimum Gasteiger partial charge on any atom is -0.467 e. The second kappa shape index (κ2) is 9.86. The first-order valence-electron chi connectivity index (χ1n) is 7.32. The summed E-state index contributed by atoms with van der Waals surface area (Å²) in [5.74, 6) is 1.70. The summed E-state index contributed by atoms with van der Waals surface area (Å²) >= 11 is 10.4. The van der Waals surface area contributed by atoms with Gasteiger partial charge in [-0.05, 0) is 55.1 Å². The predicted molar refractivity (Wildman–Crippen MR) is 96.9 cm³/mol. The van der Waals surface area contributed by atoms with Crippen molar-refractivity contribution >= 4 is 34.7 Å². The van der Waals surface area contributed by atoms with Crippen LogP contribution in [0, 0.1) is 0 Å². The summed E-state index contributed by atoms with van der Waals surface area (Å²) in [4.78, 5) is 0. The van der Waals surface area contributed by atoms with E-state index in [4.69, 9.17) is 33.3 Å². The molecule has 0 aliphatic rings. The average Bonchev–Trinajstić information content (AvgIpc) is 3.24. The molecule has 2 heterocycles. The lowest BCUT2D eigenvalue weighted by atomic mass is 10.4. The van der Waals surface area contributed by atoms with Crippen LogP contribution >= 0.6 is 24.4 Å². The van der Waals surface area contributed by atoms with E-state index in [9.17, 15) is 0 Å². The Hall–Kier alpha value is -2.06. The van der Waals surface area contributed by atoms with E-state index in [-0.39, 0.29) is 0 Å². The third kappa shape index (κ3) is 7.16. The minimum atomic E-state index is 0.581. The maximum atomic E-state index is 5.22. The van der Waals surface area contributed by atoms with Crippen LogP contribution in [0.25, 0.3) is 0 Å². The topological polar surface area (TPSA) is 74.4 Å². The van der Waals surface area contributed by atoms with Crippen molar-refractivity contribution in [3.05, 3.63) is 48.3 Å². The maximum absolute atomic E-state index is 5.22. The van der Waals surface area contributed by atoms with Gasteiger partial charge in [-0.15, -0.1) is 0 Å². The maximum Gasteiger partial charge on any atom is 0.166 e. The third-order valence-corrected chi connectivity index (χ3v) is 3.51. The fraction of sp³-hybridized carbons (Fsp3) is 0.333. The molecule has 2 aromatic rings. The second-order valence-corrected chi connectivity index (χ2v) is 5.55. The summed E-state index contributed by atoms with van der Waals surface area (Å²) in [6.45, 7) is 2.69. The van der Waals surface area contributed by atoms with Crippen LogP contribution in [0.15, 0.2) is 45.6 Å². The average molecular weight is 352 g/mol. The Bertz CT molecular complexity index is 532.